The van der Waals surface area contributed by atoms with Crippen molar-refractivity contribution in [2.24, 2.45) is 0 Å². The number of nitrogens with one attached hydrogen (secondary N) is 1. The largest absolute Gasteiger partial charge is 0.279 e. The van der Waals surface area contributed by atoms with Gasteiger partial charge < -0.3 is 0 Å². The Balaban J connectivity index is 3.10. The highest BCUT2D eigenvalue weighted by Gasteiger charge is 2.18. The van der Waals surface area contributed by atoms with Gasteiger partial charge in [-0.1, -0.05) is 0 Å². The highest BCUT2D eigenvalue weighted by Crippen LogP contribution is 2.22. The molecule has 2 nitrogen and oxygen atoms in total. The van der Waals surface area contributed by atoms with Gasteiger partial charge in [0.25, 0.3) is 6.43 Å². The maximum atomic E-state index is 12.2. The van der Waals surface area contributed by atoms with Crippen LogP contribution in [0.2, 0.25) is 0 Å². The van der Waals surface area contributed by atoms with Gasteiger partial charge in [-0.25, -0.2) is 8.78 Å². The maximum Gasteiger partial charge on any atom is 0.270 e. The smallest absolute Gasteiger partial charge is 0.270 e. The third-order valence-electron chi connectivity index (χ3n) is 1.17. The summed E-state index contributed by atoms with van der Waals surface area (Å²) in [6.45, 7) is 1.34. The van der Waals surface area contributed by atoms with Gasteiger partial charge in [-0.05, 0) is 6.92 Å². The summed E-state index contributed by atoms with van der Waals surface area (Å²) in [5.41, 5.74) is -0.562. The lowest BCUT2D eigenvalue weighted by Crippen LogP contribution is -1.87. The van der Waals surface area contributed by atoms with Crippen LogP contribution in [0.5, 0.6) is 0 Å². The summed E-state index contributed by atoms with van der Waals surface area (Å²) in [6, 6.07) is 0. The second-order valence-corrected chi connectivity index (χ2v) is 1.85. The molecule has 1 heterocycles. The summed E-state index contributed by atoms with van der Waals surface area (Å²) in [4.78, 5) is 0. The number of aryl methyl sites for hydroxylation is 1. The minimum atomic E-state index is -2.79. The third kappa shape index (κ3) is 0.984. The SMILES string of the molecule is Cc1[nH]nc(F)c1C(F)F. The van der Waals surface area contributed by atoms with Gasteiger partial charge in [-0.15, -0.1) is 5.10 Å². The van der Waals surface area contributed by atoms with Crippen molar-refractivity contribution in [1.82, 2.24) is 10.2 Å². The van der Waals surface area contributed by atoms with Crippen molar-refractivity contribution in [1.29, 1.82) is 0 Å². The van der Waals surface area contributed by atoms with Crippen molar-refractivity contribution in [2.45, 2.75) is 13.3 Å². The van der Waals surface area contributed by atoms with Crippen LogP contribution < -0.4 is 0 Å². The van der Waals surface area contributed by atoms with Crippen molar-refractivity contribution in [3.8, 4) is 0 Å². The maximum absolute atomic E-state index is 12.2. The van der Waals surface area contributed by atoms with E-state index < -0.39 is 17.9 Å². The second kappa shape index (κ2) is 2.32. The number of hydrogen-bond donors (Lipinski definition) is 1. The average Bonchev–Trinajstić information content (AvgIpc) is 2.11. The van der Waals surface area contributed by atoms with Crippen LogP contribution >= 0.6 is 0 Å². The first-order chi connectivity index (χ1) is 4.63. The molecule has 10 heavy (non-hydrogen) atoms. The second-order valence-electron chi connectivity index (χ2n) is 1.85. The highest BCUT2D eigenvalue weighted by atomic mass is 19.3. The first-order valence-electron chi connectivity index (χ1n) is 2.61. The molecule has 1 N–H and O–H groups in total. The summed E-state index contributed by atoms with van der Waals surface area (Å²) in [7, 11) is 0. The predicted octanol–water partition coefficient (Wildman–Crippen LogP) is 1.79. The fraction of sp³-hybridized carbons (Fsp3) is 0.400. The number of rotatable bonds is 1. The molecule has 0 aromatic carbocycles. The molecule has 0 atom stereocenters. The molecular weight excluding hydrogens is 145 g/mol. The highest BCUT2D eigenvalue weighted by molar-refractivity contribution is 5.17. The lowest BCUT2D eigenvalue weighted by Gasteiger charge is -1.93. The summed E-state index contributed by atoms with van der Waals surface area (Å²) >= 11 is 0. The predicted molar refractivity (Wildman–Crippen MR) is 28.2 cm³/mol. The van der Waals surface area contributed by atoms with Gasteiger partial charge in [-0.2, -0.15) is 4.39 Å². The topological polar surface area (TPSA) is 28.7 Å². The van der Waals surface area contributed by atoms with Crippen molar-refractivity contribution in [3.63, 3.8) is 0 Å². The summed E-state index contributed by atoms with van der Waals surface area (Å²) in [5.74, 6) is -1.12. The van der Waals surface area contributed by atoms with E-state index >= 15 is 0 Å². The molecule has 0 unspecified atom stereocenters. The lowest BCUT2D eigenvalue weighted by molar-refractivity contribution is 0.145. The van der Waals surface area contributed by atoms with E-state index in [0.29, 0.717) is 0 Å². The standard InChI is InChI=1S/C5H5F3N2/c1-2-3(4(6)7)5(8)10-9-2/h4H,1H3,(H,9,10). The van der Waals surface area contributed by atoms with Crippen molar-refractivity contribution < 1.29 is 13.2 Å². The van der Waals surface area contributed by atoms with Crippen LogP contribution in [0, 0.1) is 12.9 Å². The molecular formula is C5H5F3N2. The fourth-order valence-corrected chi connectivity index (χ4v) is 0.662. The van der Waals surface area contributed by atoms with Crippen LogP contribution in [0.4, 0.5) is 13.2 Å². The molecule has 0 bridgehead atoms. The number of aromatic amines is 1. The minimum Gasteiger partial charge on any atom is -0.279 e. The Morgan fingerprint density at radius 3 is 2.30 bits per heavy atom. The van der Waals surface area contributed by atoms with E-state index in [1.54, 1.807) is 0 Å². The van der Waals surface area contributed by atoms with Gasteiger partial charge in [0, 0.05) is 5.69 Å². The summed E-state index contributed by atoms with van der Waals surface area (Å²) < 4.78 is 35.9. The fourth-order valence-electron chi connectivity index (χ4n) is 0.662. The number of alkyl halides is 2. The molecule has 1 rings (SSSR count). The van der Waals surface area contributed by atoms with Crippen LogP contribution in [-0.2, 0) is 0 Å². The number of H-pyrrole nitrogens is 1. The van der Waals surface area contributed by atoms with Crippen LogP contribution in [0.1, 0.15) is 17.7 Å². The third-order valence-corrected chi connectivity index (χ3v) is 1.17. The van der Waals surface area contributed by atoms with Gasteiger partial charge in [0.2, 0.25) is 5.95 Å². The molecule has 0 radical (unpaired) electrons. The monoisotopic (exact) mass is 150 g/mol. The Hall–Kier alpha value is -1.00. The van der Waals surface area contributed by atoms with Gasteiger partial charge in [-0.3, -0.25) is 5.10 Å². The van der Waals surface area contributed by atoms with E-state index in [0.717, 1.165) is 0 Å². The van der Waals surface area contributed by atoms with Crippen molar-refractivity contribution in [2.75, 3.05) is 0 Å². The average molecular weight is 150 g/mol. The van der Waals surface area contributed by atoms with Crippen LogP contribution in [0.3, 0.4) is 0 Å². The first kappa shape index (κ1) is 7.11. The molecule has 1 aromatic heterocycles. The van der Waals surface area contributed by atoms with Crippen molar-refractivity contribution >= 4 is 0 Å². The van der Waals surface area contributed by atoms with Crippen LogP contribution in [0.25, 0.3) is 0 Å². The number of nitrogens with zero attached hydrogens (tertiary/aromatic N) is 1. The molecule has 0 spiro atoms. The molecule has 56 valence electrons. The molecule has 0 fully saturated rings. The molecule has 0 aliphatic heterocycles. The van der Waals surface area contributed by atoms with Gasteiger partial charge in [0.05, 0.1) is 5.56 Å². The summed E-state index contributed by atoms with van der Waals surface area (Å²) in [6.07, 6.45) is -2.79. The molecule has 0 saturated heterocycles. The molecule has 0 aliphatic carbocycles. The number of aromatic nitrogens is 2. The van der Waals surface area contributed by atoms with Crippen LogP contribution in [0.15, 0.2) is 0 Å². The van der Waals surface area contributed by atoms with Crippen molar-refractivity contribution in [3.05, 3.63) is 17.2 Å². The van der Waals surface area contributed by atoms with Gasteiger partial charge in [0.1, 0.15) is 0 Å². The lowest BCUT2D eigenvalue weighted by atomic mass is 10.3. The Bertz CT molecular complexity index is 211. The zero-order valence-corrected chi connectivity index (χ0v) is 5.16. The quantitative estimate of drug-likeness (QED) is 0.649. The molecule has 0 saturated carbocycles. The van der Waals surface area contributed by atoms with Gasteiger partial charge in [0.15, 0.2) is 0 Å². The number of halogens is 3. The molecule has 0 aliphatic rings. The number of hydrogen-bond acceptors (Lipinski definition) is 1. The minimum absolute atomic E-state index is 0.0764. The molecule has 0 amide bonds. The Kier molecular flexibility index (Phi) is 1.65. The zero-order chi connectivity index (χ0) is 7.72. The van der Waals surface area contributed by atoms with E-state index in [1.165, 1.54) is 6.92 Å². The normalized spacial score (nSPS) is 10.9. The van der Waals surface area contributed by atoms with E-state index in [-0.39, 0.29) is 5.69 Å². The Morgan fingerprint density at radius 1 is 1.50 bits per heavy atom. The van der Waals surface area contributed by atoms with Gasteiger partial charge >= 0.3 is 0 Å². The first-order valence-corrected chi connectivity index (χ1v) is 2.61. The van der Waals surface area contributed by atoms with E-state index in [2.05, 4.69) is 10.2 Å². The Labute approximate surface area is 55.1 Å². The molecule has 1 aromatic rings. The zero-order valence-electron chi connectivity index (χ0n) is 5.16. The van der Waals surface area contributed by atoms with E-state index in [9.17, 15) is 13.2 Å². The van der Waals surface area contributed by atoms with E-state index in [4.69, 9.17) is 0 Å². The molecule has 5 heteroatoms. The van der Waals surface area contributed by atoms with E-state index in [1.807, 2.05) is 0 Å². The summed E-state index contributed by atoms with van der Waals surface area (Å²) in [5, 5.41) is 5.08. The Morgan fingerprint density at radius 2 is 2.10 bits per heavy atom. The van der Waals surface area contributed by atoms with Crippen LogP contribution in [-0.4, -0.2) is 10.2 Å².